The Hall–Kier alpha value is -2.01. The zero-order chi connectivity index (χ0) is 16.1. The zero-order valence-corrected chi connectivity index (χ0v) is 13.6. The molecule has 2 N–H and O–H groups in total. The Balaban J connectivity index is 1.70. The van der Waals surface area contributed by atoms with Crippen molar-refractivity contribution in [1.29, 1.82) is 0 Å². The molecule has 1 saturated heterocycles. The second kappa shape index (κ2) is 5.27. The van der Waals surface area contributed by atoms with Gasteiger partial charge in [0.15, 0.2) is 0 Å². The Morgan fingerprint density at radius 3 is 3.00 bits per heavy atom. The number of hydrogen-bond donors (Lipinski definition) is 2. The molecule has 1 aliphatic carbocycles. The van der Waals surface area contributed by atoms with Crippen molar-refractivity contribution in [2.45, 2.75) is 24.8 Å². The van der Waals surface area contributed by atoms with E-state index < -0.39 is 6.09 Å². The van der Waals surface area contributed by atoms with Gasteiger partial charge >= 0.3 is 6.09 Å². The van der Waals surface area contributed by atoms with Crippen molar-refractivity contribution in [2.24, 2.45) is 13.0 Å². The molecular formula is C18H23N3O2. The van der Waals surface area contributed by atoms with Crippen LogP contribution in [-0.2, 0) is 13.5 Å². The van der Waals surface area contributed by atoms with Gasteiger partial charge in [-0.05, 0) is 43.0 Å². The summed E-state index contributed by atoms with van der Waals surface area (Å²) in [6.45, 7) is 1.50. The van der Waals surface area contributed by atoms with Crippen LogP contribution in [0.3, 0.4) is 0 Å². The van der Waals surface area contributed by atoms with Gasteiger partial charge < -0.3 is 19.9 Å². The van der Waals surface area contributed by atoms with E-state index in [-0.39, 0.29) is 0 Å². The molecule has 3 atom stereocenters. The number of likely N-dealkylation sites (N-methyl/N-ethyl adjacent to an activating group) is 1. The maximum absolute atomic E-state index is 10.8. The van der Waals surface area contributed by atoms with Crippen LogP contribution in [0.25, 0.3) is 10.9 Å². The molecule has 1 aromatic carbocycles. The van der Waals surface area contributed by atoms with E-state index in [9.17, 15) is 4.79 Å². The van der Waals surface area contributed by atoms with Gasteiger partial charge in [-0.15, -0.1) is 0 Å². The molecule has 1 aliphatic heterocycles. The Kier molecular flexibility index (Phi) is 3.34. The highest BCUT2D eigenvalue weighted by molar-refractivity contribution is 5.89. The molecule has 0 radical (unpaired) electrons. The van der Waals surface area contributed by atoms with Crippen molar-refractivity contribution in [3.05, 3.63) is 35.5 Å². The number of likely N-dealkylation sites (tertiary alicyclic amines) is 1. The Morgan fingerprint density at radius 2 is 2.22 bits per heavy atom. The number of carbonyl (C=O) groups is 1. The number of nitrogens with zero attached hydrogens (tertiary/aromatic N) is 2. The number of piperidine rings is 1. The van der Waals surface area contributed by atoms with Crippen molar-refractivity contribution in [1.82, 2.24) is 14.8 Å². The summed E-state index contributed by atoms with van der Waals surface area (Å²) < 4.78 is 2.23. The second-order valence-corrected chi connectivity index (χ2v) is 7.11. The molecule has 0 bridgehead atoms. The van der Waals surface area contributed by atoms with E-state index in [4.69, 9.17) is 5.11 Å². The molecule has 2 aromatic rings. The topological polar surface area (TPSA) is 57.5 Å². The first-order valence-corrected chi connectivity index (χ1v) is 8.28. The molecule has 2 heterocycles. The van der Waals surface area contributed by atoms with Crippen LogP contribution in [0.5, 0.6) is 0 Å². The molecule has 4 rings (SSSR count). The van der Waals surface area contributed by atoms with E-state index in [2.05, 4.69) is 53.3 Å². The van der Waals surface area contributed by atoms with Crippen LogP contribution in [0, 0.1) is 5.92 Å². The monoisotopic (exact) mass is 313 g/mol. The lowest BCUT2D eigenvalue weighted by molar-refractivity contribution is 0.110. The molecule has 0 spiro atoms. The van der Waals surface area contributed by atoms with Crippen molar-refractivity contribution in [3.8, 4) is 0 Å². The Morgan fingerprint density at radius 1 is 1.39 bits per heavy atom. The predicted molar refractivity (Wildman–Crippen MR) is 89.9 cm³/mol. The Labute approximate surface area is 135 Å². The van der Waals surface area contributed by atoms with E-state index >= 15 is 0 Å². The fraction of sp³-hybridized carbons (Fsp3) is 0.500. The minimum absolute atomic E-state index is 0.373. The average Bonchev–Trinajstić information content (AvgIpc) is 2.84. The van der Waals surface area contributed by atoms with Gasteiger partial charge in [-0.1, -0.05) is 12.1 Å². The summed E-state index contributed by atoms with van der Waals surface area (Å²) in [5.41, 5.74) is 4.21. The molecule has 1 aromatic heterocycles. The number of fused-ring (bicyclic) bond motifs is 2. The fourth-order valence-corrected chi connectivity index (χ4v) is 4.71. The molecule has 23 heavy (non-hydrogen) atoms. The lowest BCUT2D eigenvalue weighted by atomic mass is 9.72. The van der Waals surface area contributed by atoms with Crippen molar-refractivity contribution in [2.75, 3.05) is 20.1 Å². The maximum Gasteiger partial charge on any atom is 0.404 e. The zero-order valence-electron chi connectivity index (χ0n) is 13.6. The van der Waals surface area contributed by atoms with Crippen molar-refractivity contribution < 1.29 is 9.90 Å². The Bertz CT molecular complexity index is 767. The molecule has 1 amide bonds. The van der Waals surface area contributed by atoms with Gasteiger partial charge in [0, 0.05) is 49.2 Å². The van der Waals surface area contributed by atoms with Crippen LogP contribution in [0.15, 0.2) is 24.4 Å². The predicted octanol–water partition coefficient (Wildman–Crippen LogP) is 2.41. The summed E-state index contributed by atoms with van der Waals surface area (Å²) in [7, 11) is 4.30. The van der Waals surface area contributed by atoms with E-state index in [1.165, 1.54) is 22.0 Å². The van der Waals surface area contributed by atoms with Gasteiger partial charge in [-0.2, -0.15) is 0 Å². The summed E-state index contributed by atoms with van der Waals surface area (Å²) >= 11 is 0. The van der Waals surface area contributed by atoms with Crippen LogP contribution in [0.1, 0.15) is 23.5 Å². The van der Waals surface area contributed by atoms with Gasteiger partial charge in [-0.3, -0.25) is 0 Å². The lowest BCUT2D eigenvalue weighted by Crippen LogP contribution is -2.50. The molecule has 122 valence electrons. The van der Waals surface area contributed by atoms with Crippen molar-refractivity contribution in [3.63, 3.8) is 0 Å². The third-order valence-corrected chi connectivity index (χ3v) is 5.66. The number of aryl methyl sites for hydroxylation is 1. The highest BCUT2D eigenvalue weighted by Crippen LogP contribution is 2.44. The first-order chi connectivity index (χ1) is 11.0. The van der Waals surface area contributed by atoms with Crippen LogP contribution < -0.4 is 5.32 Å². The summed E-state index contributed by atoms with van der Waals surface area (Å²) in [5, 5.41) is 12.9. The summed E-state index contributed by atoms with van der Waals surface area (Å²) in [6.07, 6.45) is 3.50. The van der Waals surface area contributed by atoms with Gasteiger partial charge in [0.1, 0.15) is 0 Å². The van der Waals surface area contributed by atoms with Crippen LogP contribution in [0.2, 0.25) is 0 Å². The van der Waals surface area contributed by atoms with E-state index in [1.54, 1.807) is 0 Å². The SMILES string of the molecule is CN1C[C@H](CNC(=O)O)C[C@@H]2c3cccc4c3c(cn4C)C[C@H]21. The summed E-state index contributed by atoms with van der Waals surface area (Å²) in [5.74, 6) is 0.866. The lowest BCUT2D eigenvalue weighted by Gasteiger charge is -2.45. The summed E-state index contributed by atoms with van der Waals surface area (Å²) in [4.78, 5) is 13.2. The van der Waals surface area contributed by atoms with E-state index in [0.717, 1.165) is 19.4 Å². The standard InChI is InChI=1S/C18H23N3O2/c1-20-9-11(8-19-18(22)23)6-14-13-4-3-5-15-17(13)12(7-16(14)20)10-21(15)2/h3-5,10-11,14,16,19H,6-9H2,1-2H3,(H,22,23)/t11-,14+,16+/m0/s1. The molecule has 0 unspecified atom stereocenters. The van der Waals surface area contributed by atoms with Crippen LogP contribution >= 0.6 is 0 Å². The largest absolute Gasteiger partial charge is 0.465 e. The first-order valence-electron chi connectivity index (χ1n) is 8.28. The van der Waals surface area contributed by atoms with Gasteiger partial charge in [0.05, 0.1) is 0 Å². The molecule has 0 saturated carbocycles. The number of nitrogens with one attached hydrogen (secondary N) is 1. The smallest absolute Gasteiger partial charge is 0.404 e. The quantitative estimate of drug-likeness (QED) is 0.895. The molecule has 1 fully saturated rings. The van der Waals surface area contributed by atoms with Gasteiger partial charge in [0.25, 0.3) is 0 Å². The number of amides is 1. The van der Waals surface area contributed by atoms with Gasteiger partial charge in [0.2, 0.25) is 0 Å². The molecule has 5 heteroatoms. The van der Waals surface area contributed by atoms with E-state index in [0.29, 0.717) is 24.4 Å². The second-order valence-electron chi connectivity index (χ2n) is 7.11. The van der Waals surface area contributed by atoms with Gasteiger partial charge in [-0.25, -0.2) is 4.79 Å². The summed E-state index contributed by atoms with van der Waals surface area (Å²) in [6, 6.07) is 7.14. The normalized spacial score (nSPS) is 27.0. The number of aromatic nitrogens is 1. The highest BCUT2D eigenvalue weighted by atomic mass is 16.4. The number of hydrogen-bond acceptors (Lipinski definition) is 2. The highest BCUT2D eigenvalue weighted by Gasteiger charge is 2.39. The maximum atomic E-state index is 10.8. The third-order valence-electron chi connectivity index (χ3n) is 5.66. The van der Waals surface area contributed by atoms with Crippen LogP contribution in [-0.4, -0.2) is 46.8 Å². The molecule has 2 aliphatic rings. The number of rotatable bonds is 2. The minimum Gasteiger partial charge on any atom is -0.465 e. The first kappa shape index (κ1) is 14.6. The van der Waals surface area contributed by atoms with Crippen LogP contribution in [0.4, 0.5) is 4.79 Å². The van der Waals surface area contributed by atoms with E-state index in [1.807, 2.05) is 0 Å². The fourth-order valence-electron chi connectivity index (χ4n) is 4.71. The third kappa shape index (κ3) is 2.30. The minimum atomic E-state index is -0.925. The molecule has 5 nitrogen and oxygen atoms in total. The molecular weight excluding hydrogens is 290 g/mol. The van der Waals surface area contributed by atoms with Crippen molar-refractivity contribution >= 4 is 17.0 Å². The average molecular weight is 313 g/mol. The number of benzene rings is 1. The number of carboxylic acid groups (broad SMARTS) is 1.